The molecule has 0 N–H and O–H groups in total. The summed E-state index contributed by atoms with van der Waals surface area (Å²) in [6.45, 7) is 1.74. The van der Waals surface area contributed by atoms with E-state index in [1.54, 1.807) is 6.92 Å². The van der Waals surface area contributed by atoms with Crippen LogP contribution in [-0.2, 0) is 24.2 Å². The zero-order valence-corrected chi connectivity index (χ0v) is 12.9. The summed E-state index contributed by atoms with van der Waals surface area (Å²) in [6.07, 6.45) is -5.48. The molecule has 124 valence electrons. The van der Waals surface area contributed by atoms with Crippen LogP contribution in [0.2, 0.25) is 0 Å². The van der Waals surface area contributed by atoms with Crippen molar-refractivity contribution in [3.05, 3.63) is 29.8 Å². The third-order valence-corrected chi connectivity index (χ3v) is 5.35. The van der Waals surface area contributed by atoms with E-state index in [2.05, 4.69) is 9.44 Å². The normalized spacial score (nSPS) is 13.5. The number of oxime groups is 1. The van der Waals surface area contributed by atoms with Gasteiger partial charge in [-0.25, -0.2) is 8.42 Å². The van der Waals surface area contributed by atoms with Gasteiger partial charge < -0.3 is 0 Å². The summed E-state index contributed by atoms with van der Waals surface area (Å²) in [4.78, 5) is -0.0907. The molecule has 1 rings (SSSR count). The van der Waals surface area contributed by atoms with Gasteiger partial charge in [-0.15, -0.1) is 0 Å². The molecule has 0 aliphatic heterocycles. The average molecular weight is 359 g/mol. The van der Waals surface area contributed by atoms with Gasteiger partial charge in [-0.1, -0.05) is 22.9 Å². The molecule has 0 atom stereocenters. The van der Waals surface area contributed by atoms with Gasteiger partial charge in [0.05, 0.1) is 10.6 Å². The van der Waals surface area contributed by atoms with Crippen molar-refractivity contribution in [2.45, 2.75) is 18.0 Å². The Morgan fingerprint density at radius 2 is 1.64 bits per heavy atom. The summed E-state index contributed by atoms with van der Waals surface area (Å²) in [7, 11) is -8.43. The Morgan fingerprint density at radius 3 is 2.14 bits per heavy atom. The lowest BCUT2D eigenvalue weighted by atomic mass is 10.2. The Labute approximate surface area is 125 Å². The summed E-state index contributed by atoms with van der Waals surface area (Å²) in [6, 6.07) is 5.68. The minimum atomic E-state index is -4.83. The Morgan fingerprint density at radius 1 is 1.09 bits per heavy atom. The number of nitrogens with zero attached hydrogens (tertiary/aromatic N) is 1. The molecule has 0 aliphatic rings. The summed E-state index contributed by atoms with van der Waals surface area (Å²) >= 11 is 0. The van der Waals surface area contributed by atoms with Crippen LogP contribution in [0.15, 0.2) is 34.3 Å². The number of sulfone groups is 1. The molecular formula is C11H12F3NO5S2. The van der Waals surface area contributed by atoms with Gasteiger partial charge in [-0.05, 0) is 19.1 Å². The van der Waals surface area contributed by atoms with Crippen molar-refractivity contribution in [3.8, 4) is 0 Å². The Hall–Kier alpha value is -1.62. The molecule has 1 aromatic carbocycles. The largest absolute Gasteiger partial charge is 0.429 e. The second-order valence-electron chi connectivity index (χ2n) is 4.24. The number of rotatable bonds is 6. The van der Waals surface area contributed by atoms with E-state index < -0.39 is 43.9 Å². The van der Waals surface area contributed by atoms with Gasteiger partial charge in [0.2, 0.25) is 0 Å². The molecule has 0 spiro atoms. The van der Waals surface area contributed by atoms with Gasteiger partial charge >= 0.3 is 16.3 Å². The van der Waals surface area contributed by atoms with E-state index in [9.17, 15) is 30.0 Å². The van der Waals surface area contributed by atoms with Crippen LogP contribution in [0, 0.1) is 6.92 Å². The van der Waals surface area contributed by atoms with Crippen LogP contribution in [0.5, 0.6) is 0 Å². The van der Waals surface area contributed by atoms with E-state index in [0.717, 1.165) is 5.56 Å². The second kappa shape index (κ2) is 6.65. The van der Waals surface area contributed by atoms with Gasteiger partial charge in [-0.2, -0.15) is 21.6 Å². The van der Waals surface area contributed by atoms with Gasteiger partial charge in [0.25, 0.3) is 0 Å². The predicted molar refractivity (Wildman–Crippen MR) is 72.7 cm³/mol. The Balaban J connectivity index is 2.71. The fourth-order valence-corrected chi connectivity index (χ4v) is 3.99. The highest BCUT2D eigenvalue weighted by molar-refractivity contribution is 7.93. The van der Waals surface area contributed by atoms with Crippen molar-refractivity contribution < 1.29 is 34.3 Å². The first-order valence-corrected chi connectivity index (χ1v) is 8.96. The third-order valence-electron chi connectivity index (χ3n) is 2.34. The third kappa shape index (κ3) is 6.43. The first-order chi connectivity index (χ1) is 9.91. The van der Waals surface area contributed by atoms with E-state index in [1.165, 1.54) is 24.3 Å². The highest BCUT2D eigenvalue weighted by Gasteiger charge is 2.26. The smallest absolute Gasteiger partial charge is 0.268 e. The lowest BCUT2D eigenvalue weighted by molar-refractivity contribution is -0.0550. The molecule has 0 aromatic heterocycles. The van der Waals surface area contributed by atoms with Gasteiger partial charge in [0, 0.05) is 0 Å². The quantitative estimate of drug-likeness (QED) is 0.569. The summed E-state index contributed by atoms with van der Waals surface area (Å²) < 4.78 is 85.3. The zero-order valence-electron chi connectivity index (χ0n) is 11.2. The molecule has 0 aliphatic carbocycles. The van der Waals surface area contributed by atoms with E-state index in [0.29, 0.717) is 0 Å². The molecule has 11 heteroatoms. The lowest BCUT2D eigenvalue weighted by Crippen LogP contribution is -2.19. The van der Waals surface area contributed by atoms with Crippen LogP contribution in [0.3, 0.4) is 0 Å². The molecule has 0 heterocycles. The van der Waals surface area contributed by atoms with Crippen molar-refractivity contribution >= 4 is 26.2 Å². The van der Waals surface area contributed by atoms with Crippen molar-refractivity contribution in [1.29, 1.82) is 0 Å². The molecular weight excluding hydrogens is 347 g/mol. The van der Waals surface area contributed by atoms with E-state index in [-0.39, 0.29) is 4.90 Å². The maximum absolute atomic E-state index is 11.9. The summed E-state index contributed by atoms with van der Waals surface area (Å²) in [5.41, 5.74) is 0.816. The predicted octanol–water partition coefficient (Wildman–Crippen LogP) is 1.66. The maximum atomic E-state index is 11.9. The molecule has 1 aromatic rings. The van der Waals surface area contributed by atoms with Crippen molar-refractivity contribution in [2.75, 3.05) is 11.5 Å². The first kappa shape index (κ1) is 18.4. The SMILES string of the molecule is Cc1ccc(S(=O)(=O)CCS(=O)(=O)O/N=C/C(F)(F)F)cc1. The molecule has 0 radical (unpaired) electrons. The van der Waals surface area contributed by atoms with Crippen LogP contribution in [-0.4, -0.2) is 40.7 Å². The first-order valence-electron chi connectivity index (χ1n) is 5.73. The summed E-state index contributed by atoms with van der Waals surface area (Å²) in [5.74, 6) is -1.85. The van der Waals surface area contributed by atoms with Gasteiger partial charge in [0.1, 0.15) is 12.0 Å². The van der Waals surface area contributed by atoms with Crippen molar-refractivity contribution in [1.82, 2.24) is 0 Å². The fourth-order valence-electron chi connectivity index (χ4n) is 1.26. The van der Waals surface area contributed by atoms with Crippen LogP contribution in [0.25, 0.3) is 0 Å². The van der Waals surface area contributed by atoms with Crippen LogP contribution in [0.4, 0.5) is 13.2 Å². The molecule has 0 saturated carbocycles. The van der Waals surface area contributed by atoms with Gasteiger partial charge in [-0.3, -0.25) is 4.28 Å². The fraction of sp³-hybridized carbons (Fsp3) is 0.364. The summed E-state index contributed by atoms with van der Waals surface area (Å²) in [5, 5.41) is 2.27. The standard InChI is InChI=1S/C11H12F3NO5S2/c1-9-2-4-10(5-3-9)21(16,17)6-7-22(18,19)20-15-8-11(12,13)14/h2-5,8H,6-7H2,1H3/b15-8+. The molecule has 0 fully saturated rings. The number of hydrogen-bond donors (Lipinski definition) is 0. The second-order valence-corrected chi connectivity index (χ2v) is 8.03. The number of halogens is 3. The zero-order chi connectivity index (χ0) is 17.0. The van der Waals surface area contributed by atoms with E-state index in [1.807, 2.05) is 0 Å². The number of alkyl halides is 3. The van der Waals surface area contributed by atoms with Crippen LogP contribution in [0.1, 0.15) is 5.56 Å². The highest BCUT2D eigenvalue weighted by Crippen LogP contribution is 2.14. The van der Waals surface area contributed by atoms with Crippen LogP contribution < -0.4 is 0 Å². The van der Waals surface area contributed by atoms with Crippen molar-refractivity contribution in [3.63, 3.8) is 0 Å². The van der Waals surface area contributed by atoms with E-state index >= 15 is 0 Å². The lowest BCUT2D eigenvalue weighted by Gasteiger charge is -2.05. The average Bonchev–Trinajstić information content (AvgIpc) is 2.35. The number of hydrogen-bond acceptors (Lipinski definition) is 6. The maximum Gasteiger partial charge on any atom is 0.429 e. The molecule has 0 bridgehead atoms. The minimum absolute atomic E-state index is 0.0907. The molecule has 0 amide bonds. The highest BCUT2D eigenvalue weighted by atomic mass is 32.2. The number of aryl methyl sites for hydroxylation is 1. The van der Waals surface area contributed by atoms with Crippen LogP contribution >= 0.6 is 0 Å². The van der Waals surface area contributed by atoms with Crippen molar-refractivity contribution in [2.24, 2.45) is 5.16 Å². The monoisotopic (exact) mass is 359 g/mol. The molecule has 6 nitrogen and oxygen atoms in total. The molecule has 0 unspecified atom stereocenters. The minimum Gasteiger partial charge on any atom is -0.268 e. The topological polar surface area (TPSA) is 89.9 Å². The van der Waals surface area contributed by atoms with E-state index in [4.69, 9.17) is 0 Å². The van der Waals surface area contributed by atoms with Gasteiger partial charge in [0.15, 0.2) is 9.84 Å². The number of benzene rings is 1. The molecule has 0 saturated heterocycles. The molecule has 22 heavy (non-hydrogen) atoms. The Bertz CT molecular complexity index is 737. The Kier molecular flexibility index (Phi) is 5.57.